The fraction of sp³-hybridized carbons (Fsp3) is 0.611. The Balaban J connectivity index is 1.50. The topological polar surface area (TPSA) is 64.9 Å². The van der Waals surface area contributed by atoms with Gasteiger partial charge in [0.05, 0.1) is 12.1 Å². The molecule has 1 N–H and O–H groups in total. The molecule has 2 fully saturated rings. The molecule has 4 rings (SSSR count). The highest BCUT2D eigenvalue weighted by Gasteiger charge is 2.31. The highest BCUT2D eigenvalue weighted by molar-refractivity contribution is 5.19. The lowest BCUT2D eigenvalue weighted by molar-refractivity contribution is 0.180. The molecule has 0 radical (unpaired) electrons. The molecule has 0 unspecified atom stereocenters. The van der Waals surface area contributed by atoms with E-state index in [4.69, 9.17) is 4.74 Å². The zero-order valence-corrected chi connectivity index (χ0v) is 14.1. The third-order valence-electron chi connectivity index (χ3n) is 5.04. The van der Waals surface area contributed by atoms with Crippen molar-refractivity contribution in [3.05, 3.63) is 41.7 Å². The molecule has 3 atom stereocenters. The molecule has 0 bridgehead atoms. The van der Waals surface area contributed by atoms with E-state index in [9.17, 15) is 0 Å². The smallest absolute Gasteiger partial charge is 0.168 e. The van der Waals surface area contributed by atoms with E-state index >= 15 is 0 Å². The van der Waals surface area contributed by atoms with Gasteiger partial charge in [0.2, 0.25) is 0 Å². The first-order chi connectivity index (χ1) is 11.8. The second-order valence-electron chi connectivity index (χ2n) is 7.03. The van der Waals surface area contributed by atoms with Gasteiger partial charge in [-0.05, 0) is 54.5 Å². The predicted octanol–water partition coefficient (Wildman–Crippen LogP) is 2.83. The van der Waals surface area contributed by atoms with Gasteiger partial charge in [-0.15, -0.1) is 5.10 Å². The molecule has 1 aliphatic heterocycles. The van der Waals surface area contributed by atoms with Gasteiger partial charge in [0.25, 0.3) is 0 Å². The van der Waals surface area contributed by atoms with Crippen molar-refractivity contribution in [2.45, 2.75) is 50.7 Å². The molecule has 128 valence electrons. The molecule has 2 heterocycles. The van der Waals surface area contributed by atoms with Crippen LogP contribution in [0.2, 0.25) is 0 Å². The van der Waals surface area contributed by atoms with Gasteiger partial charge in [-0.3, -0.25) is 0 Å². The van der Waals surface area contributed by atoms with Crippen LogP contribution in [0.3, 0.4) is 0 Å². The van der Waals surface area contributed by atoms with Crippen molar-refractivity contribution in [1.29, 1.82) is 0 Å². The van der Waals surface area contributed by atoms with Gasteiger partial charge in [0.15, 0.2) is 5.82 Å². The Hall–Kier alpha value is -1.79. The monoisotopic (exact) mass is 327 g/mol. The fourth-order valence-electron chi connectivity index (χ4n) is 3.53. The van der Waals surface area contributed by atoms with Crippen LogP contribution in [-0.2, 0) is 4.74 Å². The largest absolute Gasteiger partial charge is 0.381 e. The number of aromatic nitrogens is 4. The van der Waals surface area contributed by atoms with Crippen LogP contribution in [0.1, 0.15) is 62.1 Å². The molecule has 2 aromatic rings. The lowest BCUT2D eigenvalue weighted by atomic mass is 9.93. The Labute approximate surface area is 142 Å². The molecule has 0 spiro atoms. The summed E-state index contributed by atoms with van der Waals surface area (Å²) in [4.78, 5) is 0. The Kier molecular flexibility index (Phi) is 4.58. The maximum absolute atomic E-state index is 5.57. The van der Waals surface area contributed by atoms with Crippen LogP contribution in [0.5, 0.6) is 0 Å². The Morgan fingerprint density at radius 2 is 2.08 bits per heavy atom. The summed E-state index contributed by atoms with van der Waals surface area (Å²) >= 11 is 0. The van der Waals surface area contributed by atoms with Crippen molar-refractivity contribution in [3.8, 4) is 0 Å². The maximum atomic E-state index is 5.57. The first kappa shape index (κ1) is 15.7. The first-order valence-corrected chi connectivity index (χ1v) is 8.97. The number of nitrogens with zero attached hydrogens (tertiary/aromatic N) is 4. The minimum atomic E-state index is 0.119. The van der Waals surface area contributed by atoms with Crippen LogP contribution in [0.15, 0.2) is 30.3 Å². The third-order valence-corrected chi connectivity index (χ3v) is 5.04. The summed E-state index contributed by atoms with van der Waals surface area (Å²) in [5.41, 5.74) is 1.32. The molecule has 1 saturated carbocycles. The quantitative estimate of drug-likeness (QED) is 0.847. The summed E-state index contributed by atoms with van der Waals surface area (Å²) < 4.78 is 7.56. The van der Waals surface area contributed by atoms with E-state index in [2.05, 4.69) is 58.1 Å². The highest BCUT2D eigenvalue weighted by Crippen LogP contribution is 2.36. The zero-order valence-electron chi connectivity index (χ0n) is 14.1. The average molecular weight is 327 g/mol. The lowest BCUT2D eigenvalue weighted by Crippen LogP contribution is -2.29. The molecule has 6 heteroatoms. The Bertz CT molecular complexity index is 648. The first-order valence-electron chi connectivity index (χ1n) is 8.97. The second kappa shape index (κ2) is 6.99. The number of tetrazole rings is 1. The molecular weight excluding hydrogens is 302 g/mol. The molecule has 1 aliphatic carbocycles. The number of hydrogen-bond acceptors (Lipinski definition) is 5. The molecule has 0 amide bonds. The summed E-state index contributed by atoms with van der Waals surface area (Å²) in [6.45, 7) is 3.92. The molecule has 1 aromatic carbocycles. The van der Waals surface area contributed by atoms with Crippen LogP contribution in [-0.4, -0.2) is 33.4 Å². The van der Waals surface area contributed by atoms with E-state index in [1.165, 1.54) is 18.4 Å². The Morgan fingerprint density at radius 1 is 1.25 bits per heavy atom. The van der Waals surface area contributed by atoms with Crippen LogP contribution >= 0.6 is 0 Å². The summed E-state index contributed by atoms with van der Waals surface area (Å²) in [5, 5.41) is 16.1. The van der Waals surface area contributed by atoms with E-state index in [-0.39, 0.29) is 12.1 Å². The van der Waals surface area contributed by atoms with Gasteiger partial charge in [0, 0.05) is 19.3 Å². The van der Waals surface area contributed by atoms with E-state index < -0.39 is 0 Å². The van der Waals surface area contributed by atoms with Crippen molar-refractivity contribution in [2.24, 2.45) is 5.92 Å². The van der Waals surface area contributed by atoms with Crippen molar-refractivity contribution >= 4 is 0 Å². The molecule has 1 aromatic heterocycles. The average Bonchev–Trinajstić information content (AvgIpc) is 3.11. The standard InChI is InChI=1S/C18H25N5O/c1-13(18-20-21-22-23(18)16-7-8-16)19-17(11-14-9-10-24-12-14)15-5-3-2-4-6-15/h2-6,13-14,16-17,19H,7-12H2,1H3/t13-,14-,17+/m0/s1. The molecule has 1 saturated heterocycles. The van der Waals surface area contributed by atoms with Crippen LogP contribution in [0.4, 0.5) is 0 Å². The van der Waals surface area contributed by atoms with Crippen molar-refractivity contribution < 1.29 is 4.74 Å². The number of hydrogen-bond donors (Lipinski definition) is 1. The third kappa shape index (κ3) is 3.49. The van der Waals surface area contributed by atoms with Crippen LogP contribution in [0.25, 0.3) is 0 Å². The Morgan fingerprint density at radius 3 is 2.79 bits per heavy atom. The van der Waals surface area contributed by atoms with Gasteiger partial charge in [-0.25, -0.2) is 4.68 Å². The highest BCUT2D eigenvalue weighted by atomic mass is 16.5. The summed E-state index contributed by atoms with van der Waals surface area (Å²) in [6, 6.07) is 11.6. The molecule has 2 aliphatic rings. The zero-order chi connectivity index (χ0) is 16.4. The SMILES string of the molecule is C[C@H](N[C@H](C[C@@H]1CCOC1)c1ccccc1)c1nnnn1C1CC1. The minimum absolute atomic E-state index is 0.119. The summed E-state index contributed by atoms with van der Waals surface area (Å²) in [7, 11) is 0. The number of nitrogens with one attached hydrogen (secondary N) is 1. The van der Waals surface area contributed by atoms with E-state index in [1.54, 1.807) is 0 Å². The summed E-state index contributed by atoms with van der Waals surface area (Å²) in [6.07, 6.45) is 4.61. The lowest BCUT2D eigenvalue weighted by Gasteiger charge is -2.25. The summed E-state index contributed by atoms with van der Waals surface area (Å²) in [5.74, 6) is 1.57. The number of benzene rings is 1. The van der Waals surface area contributed by atoms with Gasteiger partial charge in [0.1, 0.15) is 0 Å². The van der Waals surface area contributed by atoms with E-state index in [0.717, 1.165) is 31.9 Å². The fourth-order valence-corrected chi connectivity index (χ4v) is 3.53. The van der Waals surface area contributed by atoms with Crippen molar-refractivity contribution in [2.75, 3.05) is 13.2 Å². The van der Waals surface area contributed by atoms with Crippen molar-refractivity contribution in [3.63, 3.8) is 0 Å². The van der Waals surface area contributed by atoms with Gasteiger partial charge < -0.3 is 10.1 Å². The minimum Gasteiger partial charge on any atom is -0.381 e. The predicted molar refractivity (Wildman–Crippen MR) is 90.4 cm³/mol. The maximum Gasteiger partial charge on any atom is 0.168 e. The van der Waals surface area contributed by atoms with Gasteiger partial charge >= 0.3 is 0 Å². The van der Waals surface area contributed by atoms with E-state index in [1.807, 2.05) is 4.68 Å². The van der Waals surface area contributed by atoms with Crippen LogP contribution < -0.4 is 5.32 Å². The number of ether oxygens (including phenoxy) is 1. The van der Waals surface area contributed by atoms with Gasteiger partial charge in [-0.1, -0.05) is 30.3 Å². The van der Waals surface area contributed by atoms with E-state index in [0.29, 0.717) is 12.0 Å². The molecule has 24 heavy (non-hydrogen) atoms. The second-order valence-corrected chi connectivity index (χ2v) is 7.03. The molecule has 6 nitrogen and oxygen atoms in total. The van der Waals surface area contributed by atoms with Gasteiger partial charge in [-0.2, -0.15) is 0 Å². The molecular formula is C18H25N5O. The number of rotatable bonds is 7. The van der Waals surface area contributed by atoms with Crippen LogP contribution in [0, 0.1) is 5.92 Å². The normalized spacial score (nSPS) is 23.3. The van der Waals surface area contributed by atoms with Crippen molar-refractivity contribution in [1.82, 2.24) is 25.5 Å².